The average molecular weight is 190 g/mol. The summed E-state index contributed by atoms with van der Waals surface area (Å²) in [5.41, 5.74) is 2.56. The first-order valence-electron chi connectivity index (χ1n) is 4.95. The van der Waals surface area contributed by atoms with Gasteiger partial charge in [-0.15, -0.1) is 0 Å². The molecule has 74 valence electrons. The van der Waals surface area contributed by atoms with Gasteiger partial charge in [0.15, 0.2) is 0 Å². The van der Waals surface area contributed by atoms with Crippen molar-refractivity contribution in [2.24, 2.45) is 5.92 Å². The van der Waals surface area contributed by atoms with Gasteiger partial charge in [0.2, 0.25) is 0 Å². The number of cyclic esters (lactones) is 1. The van der Waals surface area contributed by atoms with Crippen molar-refractivity contribution < 1.29 is 9.53 Å². The van der Waals surface area contributed by atoms with E-state index in [1.54, 1.807) is 0 Å². The Bertz CT molecular complexity index is 327. The first-order chi connectivity index (χ1) is 6.74. The van der Waals surface area contributed by atoms with E-state index in [4.69, 9.17) is 4.74 Å². The lowest BCUT2D eigenvalue weighted by Crippen LogP contribution is -2.03. The molecule has 0 amide bonds. The molecule has 1 aliphatic heterocycles. The van der Waals surface area contributed by atoms with Crippen molar-refractivity contribution in [1.82, 2.24) is 0 Å². The van der Waals surface area contributed by atoms with Gasteiger partial charge >= 0.3 is 5.97 Å². The van der Waals surface area contributed by atoms with E-state index in [1.165, 1.54) is 11.1 Å². The van der Waals surface area contributed by atoms with E-state index in [-0.39, 0.29) is 5.97 Å². The number of hydrogen-bond donors (Lipinski definition) is 0. The fraction of sp³-hybridized carbons (Fsp3) is 0.417. The van der Waals surface area contributed by atoms with Crippen LogP contribution in [-0.2, 0) is 16.0 Å². The minimum absolute atomic E-state index is 0.0536. The second kappa shape index (κ2) is 3.82. The normalized spacial score (nSPS) is 20.9. The molecule has 0 spiro atoms. The second-order valence-electron chi connectivity index (χ2n) is 3.94. The van der Waals surface area contributed by atoms with Crippen LogP contribution in [0, 0.1) is 12.8 Å². The van der Waals surface area contributed by atoms with E-state index in [9.17, 15) is 4.79 Å². The standard InChI is InChI=1S/C12H14O2/c1-9-2-4-10(5-3-9)6-11-7-12(13)14-8-11/h2-5,11H,6-8H2,1H3. The molecular formula is C12H14O2. The number of benzene rings is 1. The summed E-state index contributed by atoms with van der Waals surface area (Å²) in [7, 11) is 0. The van der Waals surface area contributed by atoms with Gasteiger partial charge in [0.05, 0.1) is 13.0 Å². The topological polar surface area (TPSA) is 26.3 Å². The third-order valence-corrected chi connectivity index (χ3v) is 2.58. The summed E-state index contributed by atoms with van der Waals surface area (Å²) < 4.78 is 4.92. The molecule has 1 aliphatic rings. The van der Waals surface area contributed by atoms with Gasteiger partial charge in [-0.1, -0.05) is 29.8 Å². The molecule has 1 fully saturated rings. The van der Waals surface area contributed by atoms with Crippen LogP contribution >= 0.6 is 0 Å². The molecule has 2 heteroatoms. The second-order valence-corrected chi connectivity index (χ2v) is 3.94. The van der Waals surface area contributed by atoms with Crippen LogP contribution in [0.25, 0.3) is 0 Å². The fourth-order valence-corrected chi connectivity index (χ4v) is 1.75. The average Bonchev–Trinajstić information content (AvgIpc) is 2.56. The minimum atomic E-state index is -0.0536. The fourth-order valence-electron chi connectivity index (χ4n) is 1.75. The predicted octanol–water partition coefficient (Wildman–Crippen LogP) is 2.10. The number of carbonyl (C=O) groups excluding carboxylic acids is 1. The maximum absolute atomic E-state index is 10.9. The van der Waals surface area contributed by atoms with Crippen LogP contribution in [0.15, 0.2) is 24.3 Å². The maximum atomic E-state index is 10.9. The SMILES string of the molecule is Cc1ccc(CC2COC(=O)C2)cc1. The third kappa shape index (κ3) is 2.13. The van der Waals surface area contributed by atoms with Crippen molar-refractivity contribution >= 4 is 5.97 Å². The molecule has 1 heterocycles. The van der Waals surface area contributed by atoms with E-state index in [1.807, 2.05) is 0 Å². The number of esters is 1. The largest absolute Gasteiger partial charge is 0.465 e. The van der Waals surface area contributed by atoms with Crippen molar-refractivity contribution in [3.63, 3.8) is 0 Å². The Hall–Kier alpha value is -1.31. The summed E-state index contributed by atoms with van der Waals surface area (Å²) in [6.45, 7) is 2.67. The molecule has 1 atom stereocenters. The zero-order valence-corrected chi connectivity index (χ0v) is 8.32. The lowest BCUT2D eigenvalue weighted by Gasteiger charge is -2.05. The molecule has 1 unspecified atom stereocenters. The molecule has 0 aromatic heterocycles. The molecule has 0 bridgehead atoms. The van der Waals surface area contributed by atoms with Gasteiger partial charge in [-0.2, -0.15) is 0 Å². The Balaban J connectivity index is 1.97. The Kier molecular flexibility index (Phi) is 2.53. The Morgan fingerprint density at radius 1 is 1.36 bits per heavy atom. The van der Waals surface area contributed by atoms with Gasteiger partial charge in [0.25, 0.3) is 0 Å². The summed E-state index contributed by atoms with van der Waals surface area (Å²) >= 11 is 0. The number of rotatable bonds is 2. The molecule has 0 aliphatic carbocycles. The van der Waals surface area contributed by atoms with Crippen molar-refractivity contribution in [1.29, 1.82) is 0 Å². The van der Waals surface area contributed by atoms with Gasteiger partial charge in [0, 0.05) is 5.92 Å². The molecule has 0 N–H and O–H groups in total. The summed E-state index contributed by atoms with van der Waals surface area (Å²) in [4.78, 5) is 10.9. The number of aryl methyl sites for hydroxylation is 1. The Morgan fingerprint density at radius 2 is 2.07 bits per heavy atom. The molecule has 0 saturated carbocycles. The molecule has 14 heavy (non-hydrogen) atoms. The van der Waals surface area contributed by atoms with E-state index in [2.05, 4.69) is 31.2 Å². The van der Waals surface area contributed by atoms with Crippen LogP contribution in [0.4, 0.5) is 0 Å². The van der Waals surface area contributed by atoms with Crippen LogP contribution in [0.5, 0.6) is 0 Å². The molecule has 1 aromatic rings. The quantitative estimate of drug-likeness (QED) is 0.667. The van der Waals surface area contributed by atoms with Gasteiger partial charge < -0.3 is 4.74 Å². The lowest BCUT2D eigenvalue weighted by atomic mass is 9.98. The molecule has 2 rings (SSSR count). The first-order valence-corrected chi connectivity index (χ1v) is 4.95. The smallest absolute Gasteiger partial charge is 0.306 e. The minimum Gasteiger partial charge on any atom is -0.465 e. The maximum Gasteiger partial charge on any atom is 0.306 e. The van der Waals surface area contributed by atoms with E-state index in [0.717, 1.165) is 6.42 Å². The van der Waals surface area contributed by atoms with Gasteiger partial charge in [-0.25, -0.2) is 0 Å². The van der Waals surface area contributed by atoms with Crippen LogP contribution in [0.2, 0.25) is 0 Å². The Morgan fingerprint density at radius 3 is 2.64 bits per heavy atom. The van der Waals surface area contributed by atoms with Crippen molar-refractivity contribution in [2.45, 2.75) is 19.8 Å². The van der Waals surface area contributed by atoms with E-state index < -0.39 is 0 Å². The van der Waals surface area contributed by atoms with Crippen LogP contribution in [0.1, 0.15) is 17.5 Å². The number of carbonyl (C=O) groups is 1. The predicted molar refractivity (Wildman–Crippen MR) is 53.9 cm³/mol. The van der Waals surface area contributed by atoms with Gasteiger partial charge in [-0.3, -0.25) is 4.79 Å². The van der Waals surface area contributed by atoms with Gasteiger partial charge in [0.1, 0.15) is 0 Å². The molecule has 0 radical (unpaired) electrons. The zero-order valence-electron chi connectivity index (χ0n) is 8.32. The highest BCUT2D eigenvalue weighted by atomic mass is 16.5. The highest BCUT2D eigenvalue weighted by Gasteiger charge is 2.23. The van der Waals surface area contributed by atoms with Crippen molar-refractivity contribution in [3.8, 4) is 0 Å². The molecule has 1 aromatic carbocycles. The van der Waals surface area contributed by atoms with Crippen molar-refractivity contribution in [3.05, 3.63) is 35.4 Å². The zero-order chi connectivity index (χ0) is 9.97. The van der Waals surface area contributed by atoms with Gasteiger partial charge in [-0.05, 0) is 18.9 Å². The van der Waals surface area contributed by atoms with Crippen LogP contribution < -0.4 is 0 Å². The van der Waals surface area contributed by atoms with Crippen molar-refractivity contribution in [2.75, 3.05) is 6.61 Å². The summed E-state index contributed by atoms with van der Waals surface area (Å²) in [6, 6.07) is 8.45. The molecular weight excluding hydrogens is 176 g/mol. The summed E-state index contributed by atoms with van der Waals surface area (Å²) in [6.07, 6.45) is 1.53. The van der Waals surface area contributed by atoms with Crippen LogP contribution in [-0.4, -0.2) is 12.6 Å². The number of hydrogen-bond acceptors (Lipinski definition) is 2. The monoisotopic (exact) mass is 190 g/mol. The van der Waals surface area contributed by atoms with E-state index in [0.29, 0.717) is 18.9 Å². The molecule has 1 saturated heterocycles. The Labute approximate surface area is 83.9 Å². The lowest BCUT2D eigenvalue weighted by molar-refractivity contribution is -0.137. The molecule has 2 nitrogen and oxygen atoms in total. The van der Waals surface area contributed by atoms with E-state index >= 15 is 0 Å². The summed E-state index contributed by atoms with van der Waals surface area (Å²) in [5, 5.41) is 0. The summed E-state index contributed by atoms with van der Waals surface area (Å²) in [5.74, 6) is 0.326. The van der Waals surface area contributed by atoms with Crippen LogP contribution in [0.3, 0.4) is 0 Å². The third-order valence-electron chi connectivity index (χ3n) is 2.58. The highest BCUT2D eigenvalue weighted by molar-refractivity contribution is 5.71. The highest BCUT2D eigenvalue weighted by Crippen LogP contribution is 2.19. The number of ether oxygens (including phenoxy) is 1. The first kappa shape index (κ1) is 9.25.